The molecule has 1 aliphatic heterocycles. The monoisotopic (exact) mass is 295 g/mol. The second-order valence-electron chi connectivity index (χ2n) is 5.23. The van der Waals surface area contributed by atoms with E-state index < -0.39 is 0 Å². The van der Waals surface area contributed by atoms with Gasteiger partial charge in [0.2, 0.25) is 11.9 Å². The van der Waals surface area contributed by atoms with E-state index in [0.717, 1.165) is 26.2 Å². The van der Waals surface area contributed by atoms with Gasteiger partial charge in [-0.3, -0.25) is 4.90 Å². The predicted molar refractivity (Wildman–Crippen MR) is 82.9 cm³/mol. The molecule has 0 aromatic carbocycles. The number of anilines is 2. The fourth-order valence-corrected chi connectivity index (χ4v) is 2.27. The van der Waals surface area contributed by atoms with Crippen molar-refractivity contribution in [3.05, 3.63) is 0 Å². The molecule has 1 aliphatic rings. The van der Waals surface area contributed by atoms with Crippen LogP contribution in [0.5, 0.6) is 6.01 Å². The number of hydrogen-bond acceptors (Lipinski definition) is 8. The molecule has 1 saturated heterocycles. The van der Waals surface area contributed by atoms with Crippen LogP contribution in [0.25, 0.3) is 0 Å². The van der Waals surface area contributed by atoms with Gasteiger partial charge >= 0.3 is 6.01 Å². The summed E-state index contributed by atoms with van der Waals surface area (Å²) in [5.41, 5.74) is 0. The van der Waals surface area contributed by atoms with Crippen LogP contribution < -0.4 is 15.4 Å². The molecule has 1 aromatic rings. The lowest BCUT2D eigenvalue weighted by atomic mass is 10.2. The van der Waals surface area contributed by atoms with E-state index in [1.807, 2.05) is 6.92 Å². The lowest BCUT2D eigenvalue weighted by Crippen LogP contribution is -2.52. The number of nitrogens with zero attached hydrogens (tertiary/aromatic N) is 5. The Morgan fingerprint density at radius 1 is 1.19 bits per heavy atom. The summed E-state index contributed by atoms with van der Waals surface area (Å²) in [5, 5.41) is 6.21. The standard InChI is InChI=1S/C13H25N7O/c1-5-21-13-17-11(14-2)16-12(18-13)15-8-10-9-19(3)6-7-20(10)4/h10H,5-9H2,1-4H3,(H2,14,15,16,17,18). The number of likely N-dealkylation sites (N-methyl/N-ethyl adjacent to an activating group) is 2. The quantitative estimate of drug-likeness (QED) is 0.757. The number of hydrogen-bond donors (Lipinski definition) is 2. The van der Waals surface area contributed by atoms with Crippen molar-refractivity contribution in [1.82, 2.24) is 24.8 Å². The Hall–Kier alpha value is -1.67. The molecule has 21 heavy (non-hydrogen) atoms. The molecule has 0 bridgehead atoms. The van der Waals surface area contributed by atoms with Gasteiger partial charge in [0.15, 0.2) is 0 Å². The average Bonchev–Trinajstić information content (AvgIpc) is 2.48. The van der Waals surface area contributed by atoms with Gasteiger partial charge in [-0.15, -0.1) is 0 Å². The summed E-state index contributed by atoms with van der Waals surface area (Å²) in [6, 6.07) is 0.780. The zero-order chi connectivity index (χ0) is 15.2. The Labute approximate surface area is 125 Å². The molecule has 1 aromatic heterocycles. The van der Waals surface area contributed by atoms with E-state index in [9.17, 15) is 0 Å². The number of nitrogens with one attached hydrogen (secondary N) is 2. The van der Waals surface area contributed by atoms with Crippen LogP contribution in [0, 0.1) is 0 Å². The van der Waals surface area contributed by atoms with Gasteiger partial charge in [-0.1, -0.05) is 0 Å². The summed E-state index contributed by atoms with van der Waals surface area (Å²) in [5.74, 6) is 1.05. The molecule has 0 saturated carbocycles. The minimum atomic E-state index is 0.341. The summed E-state index contributed by atoms with van der Waals surface area (Å²) in [7, 11) is 6.07. The number of ether oxygens (including phenoxy) is 1. The van der Waals surface area contributed by atoms with E-state index in [-0.39, 0.29) is 0 Å². The number of piperazine rings is 1. The molecule has 2 rings (SSSR count). The first-order chi connectivity index (χ1) is 10.1. The van der Waals surface area contributed by atoms with Crippen LogP contribution in [-0.4, -0.2) is 84.7 Å². The lowest BCUT2D eigenvalue weighted by molar-refractivity contribution is 0.121. The highest BCUT2D eigenvalue weighted by Crippen LogP contribution is 2.12. The summed E-state index contributed by atoms with van der Waals surface area (Å²) in [6.45, 7) is 6.44. The molecule has 8 heteroatoms. The molecule has 8 nitrogen and oxygen atoms in total. The molecule has 0 radical (unpaired) electrons. The molecule has 1 unspecified atom stereocenters. The van der Waals surface area contributed by atoms with Gasteiger partial charge in [-0.2, -0.15) is 15.0 Å². The topological polar surface area (TPSA) is 78.4 Å². The van der Waals surface area contributed by atoms with Crippen molar-refractivity contribution >= 4 is 11.9 Å². The third-order valence-corrected chi connectivity index (χ3v) is 3.59. The van der Waals surface area contributed by atoms with Gasteiger partial charge in [0.25, 0.3) is 0 Å². The predicted octanol–water partition coefficient (Wildman–Crippen LogP) is -0.0303. The molecular weight excluding hydrogens is 270 g/mol. The molecule has 1 fully saturated rings. The lowest BCUT2D eigenvalue weighted by Gasteiger charge is -2.37. The minimum absolute atomic E-state index is 0.341. The van der Waals surface area contributed by atoms with Crippen molar-refractivity contribution in [3.8, 4) is 6.01 Å². The Kier molecular flexibility index (Phi) is 5.51. The van der Waals surface area contributed by atoms with E-state index in [1.165, 1.54) is 0 Å². The second-order valence-corrected chi connectivity index (χ2v) is 5.23. The van der Waals surface area contributed by atoms with E-state index in [0.29, 0.717) is 30.6 Å². The highest BCUT2D eigenvalue weighted by Gasteiger charge is 2.22. The average molecular weight is 295 g/mol. The van der Waals surface area contributed by atoms with Crippen molar-refractivity contribution in [2.24, 2.45) is 0 Å². The zero-order valence-corrected chi connectivity index (χ0v) is 13.3. The maximum Gasteiger partial charge on any atom is 0.323 e. The first kappa shape index (κ1) is 15.7. The number of rotatable bonds is 6. The van der Waals surface area contributed by atoms with Gasteiger partial charge in [0.1, 0.15) is 0 Å². The minimum Gasteiger partial charge on any atom is -0.464 e. The van der Waals surface area contributed by atoms with Crippen molar-refractivity contribution in [1.29, 1.82) is 0 Å². The third-order valence-electron chi connectivity index (χ3n) is 3.59. The Morgan fingerprint density at radius 3 is 2.67 bits per heavy atom. The van der Waals surface area contributed by atoms with Crippen LogP contribution in [0.2, 0.25) is 0 Å². The Balaban J connectivity index is 1.99. The SMILES string of the molecule is CCOc1nc(NC)nc(NCC2CN(C)CCN2C)n1. The van der Waals surface area contributed by atoms with Gasteiger partial charge in [0, 0.05) is 39.3 Å². The molecule has 2 N–H and O–H groups in total. The van der Waals surface area contributed by atoms with Crippen LogP contribution in [-0.2, 0) is 0 Å². The van der Waals surface area contributed by atoms with Crippen molar-refractivity contribution in [2.45, 2.75) is 13.0 Å². The number of aromatic nitrogens is 3. The fraction of sp³-hybridized carbons (Fsp3) is 0.769. The Morgan fingerprint density at radius 2 is 1.95 bits per heavy atom. The second kappa shape index (κ2) is 7.37. The molecular formula is C13H25N7O. The molecule has 2 heterocycles. The maximum absolute atomic E-state index is 5.36. The van der Waals surface area contributed by atoms with E-state index in [2.05, 4.69) is 49.5 Å². The van der Waals surface area contributed by atoms with Crippen molar-refractivity contribution in [3.63, 3.8) is 0 Å². The summed E-state index contributed by atoms with van der Waals surface area (Å²) >= 11 is 0. The van der Waals surface area contributed by atoms with Crippen molar-refractivity contribution in [2.75, 3.05) is 64.6 Å². The first-order valence-electron chi connectivity index (χ1n) is 7.31. The summed E-state index contributed by atoms with van der Waals surface area (Å²) in [4.78, 5) is 17.4. The summed E-state index contributed by atoms with van der Waals surface area (Å²) in [6.07, 6.45) is 0. The maximum atomic E-state index is 5.36. The largest absolute Gasteiger partial charge is 0.464 e. The molecule has 0 aliphatic carbocycles. The molecule has 0 spiro atoms. The van der Waals surface area contributed by atoms with E-state index in [1.54, 1.807) is 7.05 Å². The zero-order valence-electron chi connectivity index (χ0n) is 13.3. The van der Waals surface area contributed by atoms with Gasteiger partial charge in [-0.25, -0.2) is 0 Å². The van der Waals surface area contributed by atoms with E-state index >= 15 is 0 Å². The van der Waals surface area contributed by atoms with E-state index in [4.69, 9.17) is 4.74 Å². The van der Waals surface area contributed by atoms with Crippen LogP contribution in [0.4, 0.5) is 11.9 Å². The van der Waals surface area contributed by atoms with Crippen LogP contribution in [0.15, 0.2) is 0 Å². The third kappa shape index (κ3) is 4.40. The molecule has 118 valence electrons. The fourth-order valence-electron chi connectivity index (χ4n) is 2.27. The van der Waals surface area contributed by atoms with Crippen LogP contribution >= 0.6 is 0 Å². The first-order valence-corrected chi connectivity index (χ1v) is 7.31. The normalized spacial score (nSPS) is 20.3. The Bertz CT molecular complexity index is 456. The molecule has 0 amide bonds. The smallest absolute Gasteiger partial charge is 0.323 e. The van der Waals surface area contributed by atoms with Crippen LogP contribution in [0.3, 0.4) is 0 Å². The van der Waals surface area contributed by atoms with Gasteiger partial charge in [-0.05, 0) is 21.0 Å². The highest BCUT2D eigenvalue weighted by atomic mass is 16.5. The summed E-state index contributed by atoms with van der Waals surface area (Å²) < 4.78 is 5.36. The van der Waals surface area contributed by atoms with Crippen molar-refractivity contribution < 1.29 is 4.74 Å². The van der Waals surface area contributed by atoms with Gasteiger partial charge < -0.3 is 20.3 Å². The van der Waals surface area contributed by atoms with Gasteiger partial charge in [0.05, 0.1) is 6.61 Å². The molecule has 1 atom stereocenters. The van der Waals surface area contributed by atoms with Crippen LogP contribution in [0.1, 0.15) is 6.92 Å². The highest BCUT2D eigenvalue weighted by molar-refractivity contribution is 5.35.